The van der Waals surface area contributed by atoms with E-state index in [2.05, 4.69) is 5.10 Å². The van der Waals surface area contributed by atoms with Gasteiger partial charge in [-0.25, -0.2) is 4.79 Å². The summed E-state index contributed by atoms with van der Waals surface area (Å²) in [6.45, 7) is 0.0406. The summed E-state index contributed by atoms with van der Waals surface area (Å²) in [5.41, 5.74) is 6.92. The van der Waals surface area contributed by atoms with Gasteiger partial charge in [-0.3, -0.25) is 9.48 Å². The average Bonchev–Trinajstić information content (AvgIpc) is 2.67. The van der Waals surface area contributed by atoms with Crippen LogP contribution in [-0.4, -0.2) is 38.5 Å². The number of hydrogen-bond acceptors (Lipinski definition) is 4. The third kappa shape index (κ3) is 2.08. The fourth-order valence-electron chi connectivity index (χ4n) is 2.52. The third-order valence-corrected chi connectivity index (χ3v) is 3.24. The van der Waals surface area contributed by atoms with Crippen LogP contribution in [0.25, 0.3) is 0 Å². The number of aromatic carboxylic acids is 1. The first-order chi connectivity index (χ1) is 8.54. The zero-order valence-corrected chi connectivity index (χ0v) is 9.80. The van der Waals surface area contributed by atoms with Crippen molar-refractivity contribution in [3.8, 4) is 0 Å². The van der Waals surface area contributed by atoms with Crippen molar-refractivity contribution in [3.63, 3.8) is 0 Å². The second kappa shape index (κ2) is 4.77. The van der Waals surface area contributed by atoms with E-state index >= 15 is 0 Å². The highest BCUT2D eigenvalue weighted by atomic mass is 16.4. The molecule has 1 aromatic heterocycles. The molecule has 1 aromatic rings. The zero-order valence-electron chi connectivity index (χ0n) is 9.80. The summed E-state index contributed by atoms with van der Waals surface area (Å²) < 4.78 is 1.28. The van der Waals surface area contributed by atoms with E-state index in [1.54, 1.807) is 0 Å². The number of carboxylic acids is 2. The summed E-state index contributed by atoms with van der Waals surface area (Å²) in [6, 6.07) is 0. The molecule has 7 heteroatoms. The highest BCUT2D eigenvalue weighted by Gasteiger charge is 2.31. The van der Waals surface area contributed by atoms with Gasteiger partial charge < -0.3 is 15.9 Å². The average molecular weight is 253 g/mol. The van der Waals surface area contributed by atoms with Crippen LogP contribution < -0.4 is 5.73 Å². The predicted octanol–water partition coefficient (Wildman–Crippen LogP) is 0.0445. The maximum atomic E-state index is 11.2. The molecule has 0 amide bonds. The number of nitrogens with two attached hydrogens (primary N) is 1. The second-order valence-electron chi connectivity index (χ2n) is 4.39. The molecule has 0 radical (unpaired) electrons. The largest absolute Gasteiger partial charge is 0.480 e. The van der Waals surface area contributed by atoms with Crippen molar-refractivity contribution < 1.29 is 19.8 Å². The summed E-state index contributed by atoms with van der Waals surface area (Å²) in [4.78, 5) is 21.9. The van der Waals surface area contributed by atoms with Crippen LogP contribution in [0.2, 0.25) is 0 Å². The maximum Gasteiger partial charge on any atom is 0.356 e. The van der Waals surface area contributed by atoms with Gasteiger partial charge in [-0.1, -0.05) is 0 Å². The number of carboxylic acid groups (broad SMARTS) is 2. The number of fused-ring (bicyclic) bond motifs is 1. The summed E-state index contributed by atoms with van der Waals surface area (Å²) in [6.07, 6.45) is 2.35. The van der Waals surface area contributed by atoms with Crippen molar-refractivity contribution in [2.45, 2.75) is 31.7 Å². The number of aromatic nitrogens is 2. The topological polar surface area (TPSA) is 118 Å². The fourth-order valence-corrected chi connectivity index (χ4v) is 2.52. The van der Waals surface area contributed by atoms with E-state index in [0.29, 0.717) is 24.2 Å². The molecule has 1 unspecified atom stereocenters. The highest BCUT2D eigenvalue weighted by molar-refractivity contribution is 5.88. The number of carbonyl (C=O) groups is 2. The van der Waals surface area contributed by atoms with Gasteiger partial charge in [0.05, 0.1) is 0 Å². The SMILES string of the molecule is NCC1CCCc2c1c(C(=O)O)nn2CC(=O)O. The smallest absolute Gasteiger partial charge is 0.356 e. The predicted molar refractivity (Wildman–Crippen MR) is 61.6 cm³/mol. The number of rotatable bonds is 4. The summed E-state index contributed by atoms with van der Waals surface area (Å²) in [5, 5.41) is 21.9. The Balaban J connectivity index is 2.52. The molecule has 1 aliphatic carbocycles. The van der Waals surface area contributed by atoms with Gasteiger partial charge in [-0.05, 0) is 25.8 Å². The van der Waals surface area contributed by atoms with Gasteiger partial charge in [-0.15, -0.1) is 0 Å². The zero-order chi connectivity index (χ0) is 13.3. The van der Waals surface area contributed by atoms with Gasteiger partial charge in [0, 0.05) is 17.2 Å². The lowest BCUT2D eigenvalue weighted by atomic mass is 9.85. The van der Waals surface area contributed by atoms with Crippen molar-refractivity contribution in [1.29, 1.82) is 0 Å². The van der Waals surface area contributed by atoms with Crippen molar-refractivity contribution in [1.82, 2.24) is 9.78 Å². The number of aliphatic carboxylic acids is 1. The first-order valence-corrected chi connectivity index (χ1v) is 5.79. The van der Waals surface area contributed by atoms with E-state index in [1.807, 2.05) is 0 Å². The van der Waals surface area contributed by atoms with Crippen LogP contribution in [0.4, 0.5) is 0 Å². The first-order valence-electron chi connectivity index (χ1n) is 5.79. The van der Waals surface area contributed by atoms with Crippen LogP contribution in [-0.2, 0) is 17.8 Å². The minimum atomic E-state index is -1.13. The van der Waals surface area contributed by atoms with Crippen molar-refractivity contribution >= 4 is 11.9 Å². The molecule has 98 valence electrons. The van der Waals surface area contributed by atoms with Crippen LogP contribution in [0.15, 0.2) is 0 Å². The molecule has 7 nitrogen and oxygen atoms in total. The van der Waals surface area contributed by atoms with Crippen LogP contribution in [0.3, 0.4) is 0 Å². The molecule has 1 aliphatic rings. The highest BCUT2D eigenvalue weighted by Crippen LogP contribution is 2.33. The lowest BCUT2D eigenvalue weighted by Gasteiger charge is -2.21. The summed E-state index contributed by atoms with van der Waals surface area (Å²) in [7, 11) is 0. The molecule has 1 heterocycles. The van der Waals surface area contributed by atoms with Gasteiger partial charge in [0.15, 0.2) is 5.69 Å². The molecule has 2 rings (SSSR count). The van der Waals surface area contributed by atoms with E-state index < -0.39 is 11.9 Å². The molecule has 0 saturated carbocycles. The Morgan fingerprint density at radius 1 is 1.44 bits per heavy atom. The van der Waals surface area contributed by atoms with E-state index in [1.165, 1.54) is 4.68 Å². The van der Waals surface area contributed by atoms with Crippen molar-refractivity contribution in [3.05, 3.63) is 17.0 Å². The molecule has 18 heavy (non-hydrogen) atoms. The fraction of sp³-hybridized carbons (Fsp3) is 0.545. The Bertz CT molecular complexity index is 495. The van der Waals surface area contributed by atoms with Crippen LogP contribution in [0.5, 0.6) is 0 Å². The minimum Gasteiger partial charge on any atom is -0.480 e. The lowest BCUT2D eigenvalue weighted by molar-refractivity contribution is -0.137. The van der Waals surface area contributed by atoms with Crippen molar-refractivity contribution in [2.24, 2.45) is 5.73 Å². The van der Waals surface area contributed by atoms with E-state index in [0.717, 1.165) is 12.8 Å². The van der Waals surface area contributed by atoms with Gasteiger partial charge in [0.2, 0.25) is 0 Å². The van der Waals surface area contributed by atoms with E-state index in [-0.39, 0.29) is 18.2 Å². The molecule has 0 saturated heterocycles. The summed E-state index contributed by atoms with van der Waals surface area (Å²) >= 11 is 0. The Morgan fingerprint density at radius 2 is 2.17 bits per heavy atom. The molecular weight excluding hydrogens is 238 g/mol. The van der Waals surface area contributed by atoms with Gasteiger partial charge >= 0.3 is 11.9 Å². The molecule has 0 fully saturated rings. The van der Waals surface area contributed by atoms with E-state index in [4.69, 9.17) is 15.9 Å². The van der Waals surface area contributed by atoms with Crippen LogP contribution >= 0.6 is 0 Å². The Hall–Kier alpha value is -1.89. The van der Waals surface area contributed by atoms with Gasteiger partial charge in [0.25, 0.3) is 0 Å². The Kier molecular flexibility index (Phi) is 3.33. The van der Waals surface area contributed by atoms with Crippen molar-refractivity contribution in [2.75, 3.05) is 6.54 Å². The number of nitrogens with zero attached hydrogens (tertiary/aromatic N) is 2. The van der Waals surface area contributed by atoms with E-state index in [9.17, 15) is 9.59 Å². The standard InChI is InChI=1S/C11H15N3O4/c12-4-6-2-1-3-7-9(6)10(11(17)18)13-14(7)5-8(15)16/h6H,1-5,12H2,(H,15,16)(H,17,18). The molecule has 1 atom stereocenters. The second-order valence-corrected chi connectivity index (χ2v) is 4.39. The number of hydrogen-bond donors (Lipinski definition) is 3. The molecule has 0 bridgehead atoms. The molecule has 0 aromatic carbocycles. The van der Waals surface area contributed by atoms with Gasteiger partial charge in [0.1, 0.15) is 6.54 Å². The first kappa shape index (κ1) is 12.6. The Labute approximate surface area is 103 Å². The summed E-state index contributed by atoms with van der Waals surface area (Å²) in [5.74, 6) is -2.20. The monoisotopic (exact) mass is 253 g/mol. The lowest BCUT2D eigenvalue weighted by Crippen LogP contribution is -2.21. The molecule has 0 aliphatic heterocycles. The van der Waals surface area contributed by atoms with Gasteiger partial charge in [-0.2, -0.15) is 5.10 Å². The molecular formula is C11H15N3O4. The van der Waals surface area contributed by atoms with Crippen LogP contribution in [0, 0.1) is 0 Å². The molecule has 4 N–H and O–H groups in total. The quantitative estimate of drug-likeness (QED) is 0.697. The molecule has 0 spiro atoms. The minimum absolute atomic E-state index is 0.0394. The normalized spacial score (nSPS) is 18.4. The van der Waals surface area contributed by atoms with Crippen LogP contribution in [0.1, 0.15) is 40.5 Å². The third-order valence-electron chi connectivity index (χ3n) is 3.24. The Morgan fingerprint density at radius 3 is 2.72 bits per heavy atom. The maximum absolute atomic E-state index is 11.2.